The third-order valence-corrected chi connectivity index (χ3v) is 4.49. The minimum absolute atomic E-state index is 0.0940. The second-order valence-corrected chi connectivity index (χ2v) is 6.70. The molecule has 0 amide bonds. The standard InChI is InChI=1S/C13H11BrN2O4S/c1-8-11(5-6-12(14)15-8)16-21(19,20)10-4-2-3-9(7-10)13(17)18/h2-7,16H,1H3,(H,17,18). The Morgan fingerprint density at radius 3 is 2.62 bits per heavy atom. The minimum Gasteiger partial charge on any atom is -0.478 e. The molecule has 0 unspecified atom stereocenters. The maximum absolute atomic E-state index is 12.3. The fraction of sp³-hybridized carbons (Fsp3) is 0.0769. The number of rotatable bonds is 4. The highest BCUT2D eigenvalue weighted by molar-refractivity contribution is 9.10. The van der Waals surface area contributed by atoms with Gasteiger partial charge in [0.2, 0.25) is 0 Å². The third-order valence-electron chi connectivity index (χ3n) is 2.69. The summed E-state index contributed by atoms with van der Waals surface area (Å²) in [6, 6.07) is 8.32. The van der Waals surface area contributed by atoms with Gasteiger partial charge in [-0.05, 0) is 53.2 Å². The molecule has 2 aromatic rings. The Bertz CT molecular complexity index is 806. The van der Waals surface area contributed by atoms with Crippen LogP contribution in [0.4, 0.5) is 5.69 Å². The van der Waals surface area contributed by atoms with Crippen molar-refractivity contribution >= 4 is 37.6 Å². The molecule has 1 heterocycles. The molecule has 1 aromatic heterocycles. The van der Waals surface area contributed by atoms with Gasteiger partial charge in [-0.15, -0.1) is 0 Å². The number of carboxylic acids is 1. The number of nitrogens with one attached hydrogen (secondary N) is 1. The summed E-state index contributed by atoms with van der Waals surface area (Å²) in [5.41, 5.74) is 0.741. The Kier molecular flexibility index (Phi) is 4.29. The number of pyridine rings is 1. The molecule has 8 heteroatoms. The number of carbonyl (C=O) groups is 1. The largest absolute Gasteiger partial charge is 0.478 e. The molecule has 0 saturated carbocycles. The van der Waals surface area contributed by atoms with E-state index in [2.05, 4.69) is 25.6 Å². The molecule has 0 aliphatic rings. The van der Waals surface area contributed by atoms with E-state index in [1.165, 1.54) is 18.2 Å². The Hall–Kier alpha value is -1.93. The summed E-state index contributed by atoms with van der Waals surface area (Å²) in [7, 11) is -3.87. The molecule has 0 aliphatic heterocycles. The second kappa shape index (κ2) is 5.82. The molecule has 0 spiro atoms. The van der Waals surface area contributed by atoms with Crippen LogP contribution in [-0.2, 0) is 10.0 Å². The maximum Gasteiger partial charge on any atom is 0.335 e. The van der Waals surface area contributed by atoms with Gasteiger partial charge in [0.15, 0.2) is 0 Å². The van der Waals surface area contributed by atoms with Crippen molar-refractivity contribution < 1.29 is 18.3 Å². The molecule has 0 bridgehead atoms. The van der Waals surface area contributed by atoms with Crippen molar-refractivity contribution in [3.8, 4) is 0 Å². The number of hydrogen-bond donors (Lipinski definition) is 2. The van der Waals surface area contributed by atoms with Crippen LogP contribution in [-0.4, -0.2) is 24.5 Å². The number of aryl methyl sites for hydroxylation is 1. The van der Waals surface area contributed by atoms with Crippen molar-refractivity contribution in [1.82, 2.24) is 4.98 Å². The van der Waals surface area contributed by atoms with E-state index in [0.29, 0.717) is 16.0 Å². The number of aromatic nitrogens is 1. The molecule has 2 N–H and O–H groups in total. The summed E-state index contributed by atoms with van der Waals surface area (Å²) in [6.07, 6.45) is 0. The van der Waals surface area contributed by atoms with Crippen LogP contribution in [0, 0.1) is 6.92 Å². The van der Waals surface area contributed by atoms with Gasteiger partial charge in [0.1, 0.15) is 4.60 Å². The quantitative estimate of drug-likeness (QED) is 0.806. The summed E-state index contributed by atoms with van der Waals surface area (Å²) in [4.78, 5) is 14.9. The molecular weight excluding hydrogens is 360 g/mol. The zero-order chi connectivity index (χ0) is 15.6. The molecular formula is C13H11BrN2O4S. The van der Waals surface area contributed by atoms with E-state index in [1.54, 1.807) is 19.1 Å². The molecule has 0 saturated heterocycles. The van der Waals surface area contributed by atoms with Crippen LogP contribution in [0.3, 0.4) is 0 Å². The van der Waals surface area contributed by atoms with Crippen molar-refractivity contribution in [2.75, 3.05) is 4.72 Å². The lowest BCUT2D eigenvalue weighted by atomic mass is 10.2. The van der Waals surface area contributed by atoms with Gasteiger partial charge in [0.05, 0.1) is 21.8 Å². The third kappa shape index (κ3) is 3.59. The molecule has 110 valence electrons. The van der Waals surface area contributed by atoms with Gasteiger partial charge in [-0.2, -0.15) is 0 Å². The molecule has 21 heavy (non-hydrogen) atoms. The molecule has 6 nitrogen and oxygen atoms in total. The Morgan fingerprint density at radius 1 is 1.29 bits per heavy atom. The molecule has 0 radical (unpaired) electrons. The second-order valence-electron chi connectivity index (χ2n) is 4.21. The summed E-state index contributed by atoms with van der Waals surface area (Å²) >= 11 is 3.19. The topological polar surface area (TPSA) is 96.4 Å². The average Bonchev–Trinajstić information content (AvgIpc) is 2.42. The highest BCUT2D eigenvalue weighted by Gasteiger charge is 2.17. The SMILES string of the molecule is Cc1nc(Br)ccc1NS(=O)(=O)c1cccc(C(=O)O)c1. The Labute approximate surface area is 130 Å². The average molecular weight is 371 g/mol. The minimum atomic E-state index is -3.87. The van der Waals surface area contributed by atoms with Gasteiger partial charge in [0, 0.05) is 0 Å². The van der Waals surface area contributed by atoms with Crippen molar-refractivity contribution in [1.29, 1.82) is 0 Å². The van der Waals surface area contributed by atoms with Gasteiger partial charge in [0.25, 0.3) is 10.0 Å². The van der Waals surface area contributed by atoms with Crippen LogP contribution in [0.2, 0.25) is 0 Å². The van der Waals surface area contributed by atoms with Gasteiger partial charge >= 0.3 is 5.97 Å². The van der Waals surface area contributed by atoms with E-state index in [1.807, 2.05) is 0 Å². The first-order valence-corrected chi connectivity index (χ1v) is 8.06. The number of hydrogen-bond acceptors (Lipinski definition) is 4. The summed E-state index contributed by atoms with van der Waals surface area (Å²) < 4.78 is 27.5. The fourth-order valence-corrected chi connectivity index (χ4v) is 3.20. The van der Waals surface area contributed by atoms with Crippen molar-refractivity contribution in [3.63, 3.8) is 0 Å². The van der Waals surface area contributed by atoms with E-state index in [4.69, 9.17) is 5.11 Å². The smallest absolute Gasteiger partial charge is 0.335 e. The Balaban J connectivity index is 2.38. The number of carboxylic acid groups (broad SMARTS) is 1. The first-order chi connectivity index (χ1) is 9.79. The van der Waals surface area contributed by atoms with Crippen LogP contribution in [0.15, 0.2) is 45.9 Å². The highest BCUT2D eigenvalue weighted by atomic mass is 79.9. The van der Waals surface area contributed by atoms with E-state index >= 15 is 0 Å². The lowest BCUT2D eigenvalue weighted by Gasteiger charge is -2.10. The summed E-state index contributed by atoms with van der Waals surface area (Å²) in [5.74, 6) is -1.19. The number of aromatic carboxylic acids is 1. The number of anilines is 1. The molecule has 1 aromatic carbocycles. The van der Waals surface area contributed by atoms with E-state index < -0.39 is 16.0 Å². The molecule has 2 rings (SSSR count). The predicted octanol–water partition coefficient (Wildman–Crippen LogP) is 2.65. The summed E-state index contributed by atoms with van der Waals surface area (Å²) in [5, 5.41) is 8.91. The van der Waals surface area contributed by atoms with Crippen LogP contribution in [0.5, 0.6) is 0 Å². The normalized spacial score (nSPS) is 11.1. The van der Waals surface area contributed by atoms with Gasteiger partial charge < -0.3 is 5.11 Å². The molecule has 0 aliphatic carbocycles. The first kappa shape index (κ1) is 15.5. The van der Waals surface area contributed by atoms with Gasteiger partial charge in [-0.1, -0.05) is 6.07 Å². The van der Waals surface area contributed by atoms with Gasteiger partial charge in [-0.25, -0.2) is 18.2 Å². The Morgan fingerprint density at radius 2 is 2.00 bits per heavy atom. The summed E-state index contributed by atoms with van der Waals surface area (Å²) in [6.45, 7) is 1.66. The molecule has 0 atom stereocenters. The lowest BCUT2D eigenvalue weighted by molar-refractivity contribution is 0.0696. The van der Waals surface area contributed by atoms with Crippen LogP contribution >= 0.6 is 15.9 Å². The lowest BCUT2D eigenvalue weighted by Crippen LogP contribution is -2.14. The van der Waals surface area contributed by atoms with Crippen LogP contribution < -0.4 is 4.72 Å². The van der Waals surface area contributed by atoms with E-state index in [-0.39, 0.29) is 10.5 Å². The van der Waals surface area contributed by atoms with Crippen molar-refractivity contribution in [2.24, 2.45) is 0 Å². The first-order valence-electron chi connectivity index (χ1n) is 5.79. The molecule has 0 fully saturated rings. The maximum atomic E-state index is 12.3. The number of sulfonamides is 1. The van der Waals surface area contributed by atoms with E-state index in [0.717, 1.165) is 6.07 Å². The monoisotopic (exact) mass is 370 g/mol. The number of benzene rings is 1. The number of halogens is 1. The predicted molar refractivity (Wildman–Crippen MR) is 80.9 cm³/mol. The zero-order valence-corrected chi connectivity index (χ0v) is 13.3. The van der Waals surface area contributed by atoms with Crippen LogP contribution in [0.25, 0.3) is 0 Å². The fourth-order valence-electron chi connectivity index (χ4n) is 1.64. The van der Waals surface area contributed by atoms with Crippen LogP contribution in [0.1, 0.15) is 16.1 Å². The van der Waals surface area contributed by atoms with Gasteiger partial charge in [-0.3, -0.25) is 4.72 Å². The highest BCUT2D eigenvalue weighted by Crippen LogP contribution is 2.21. The number of nitrogens with zero attached hydrogens (tertiary/aromatic N) is 1. The van der Waals surface area contributed by atoms with Crippen molar-refractivity contribution in [2.45, 2.75) is 11.8 Å². The zero-order valence-electron chi connectivity index (χ0n) is 10.9. The van der Waals surface area contributed by atoms with E-state index in [9.17, 15) is 13.2 Å². The van der Waals surface area contributed by atoms with Crippen molar-refractivity contribution in [3.05, 3.63) is 52.3 Å².